The van der Waals surface area contributed by atoms with Crippen molar-refractivity contribution in [2.24, 2.45) is 0 Å². The van der Waals surface area contributed by atoms with Gasteiger partial charge in [0, 0.05) is 27.0 Å². The monoisotopic (exact) mass is 510 g/mol. The van der Waals surface area contributed by atoms with E-state index in [-0.39, 0.29) is 11.5 Å². The summed E-state index contributed by atoms with van der Waals surface area (Å²) < 4.78 is 32.9. The van der Waals surface area contributed by atoms with Crippen LogP contribution in [0, 0.1) is 6.92 Å². The second-order valence-electron chi connectivity index (χ2n) is 7.68. The first-order valence-electron chi connectivity index (χ1n) is 10.8. The predicted octanol–water partition coefficient (Wildman–Crippen LogP) is 4.84. The van der Waals surface area contributed by atoms with Gasteiger partial charge in [-0.05, 0) is 49.7 Å². The molecule has 0 radical (unpaired) electrons. The number of sulfonamides is 1. The normalized spacial score (nSPS) is 11.4. The average molecular weight is 511 g/mol. The molecule has 35 heavy (non-hydrogen) atoms. The molecule has 8 nitrogen and oxygen atoms in total. The van der Waals surface area contributed by atoms with Crippen LogP contribution in [0.5, 0.6) is 0 Å². The molecule has 4 rings (SSSR count). The molecular weight excluding hydrogens is 488 g/mol. The van der Waals surface area contributed by atoms with Crippen LogP contribution < -0.4 is 10.0 Å². The van der Waals surface area contributed by atoms with E-state index in [0.29, 0.717) is 27.7 Å². The van der Waals surface area contributed by atoms with E-state index in [9.17, 15) is 13.2 Å². The maximum Gasteiger partial charge on any atom is 0.321 e. The van der Waals surface area contributed by atoms with E-state index in [1.165, 1.54) is 6.07 Å². The molecule has 1 aromatic heterocycles. The predicted molar refractivity (Wildman–Crippen MR) is 136 cm³/mol. The Hall–Kier alpha value is -3.53. The van der Waals surface area contributed by atoms with E-state index >= 15 is 0 Å². The third kappa shape index (κ3) is 5.59. The Bertz CT molecular complexity index is 1490. The number of nitrogens with one attached hydrogen (secondary N) is 2. The van der Waals surface area contributed by atoms with Crippen molar-refractivity contribution >= 4 is 49.9 Å². The van der Waals surface area contributed by atoms with Crippen LogP contribution in [0.25, 0.3) is 22.0 Å². The molecule has 1 heterocycles. The van der Waals surface area contributed by atoms with Gasteiger partial charge in [-0.15, -0.1) is 10.2 Å². The number of nitrogens with zero attached hydrogens (tertiary/aromatic N) is 2. The number of fused-ring (bicyclic) bond motifs is 1. The molecule has 0 aliphatic carbocycles. The highest BCUT2D eigenvalue weighted by Crippen LogP contribution is 2.32. The number of halogens is 1. The minimum atomic E-state index is -3.96. The van der Waals surface area contributed by atoms with Gasteiger partial charge in [0.15, 0.2) is 5.82 Å². The lowest BCUT2D eigenvalue weighted by atomic mass is 10.0. The molecule has 0 atom stereocenters. The number of carbonyl (C=O) groups is 1. The van der Waals surface area contributed by atoms with Crippen molar-refractivity contribution in [3.05, 3.63) is 77.3 Å². The van der Waals surface area contributed by atoms with E-state index in [0.717, 1.165) is 16.5 Å². The van der Waals surface area contributed by atoms with Gasteiger partial charge in [0.1, 0.15) is 12.2 Å². The van der Waals surface area contributed by atoms with Gasteiger partial charge in [0.2, 0.25) is 10.0 Å². The standard InChI is InChI=1S/C25H23ClN4O4S/c1-3-34-23(31)15-27-35(32,33)22-14-17(9-8-16(22)2)24-20-6-4-5-7-21(20)25(30-29-24)28-19-12-10-18(26)11-13-19/h4-14,27H,3,15H2,1-2H3,(H,28,30). The number of aromatic nitrogens is 2. The van der Waals surface area contributed by atoms with E-state index < -0.39 is 22.5 Å². The lowest BCUT2D eigenvalue weighted by Crippen LogP contribution is -2.31. The lowest BCUT2D eigenvalue weighted by Gasteiger charge is -2.13. The van der Waals surface area contributed by atoms with Gasteiger partial charge in [-0.25, -0.2) is 8.42 Å². The summed E-state index contributed by atoms with van der Waals surface area (Å²) in [6.07, 6.45) is 0. The summed E-state index contributed by atoms with van der Waals surface area (Å²) in [5.41, 5.74) is 2.44. The van der Waals surface area contributed by atoms with Crippen LogP contribution in [0.3, 0.4) is 0 Å². The molecule has 0 amide bonds. The second kappa shape index (κ2) is 10.4. The number of anilines is 2. The molecule has 0 saturated carbocycles. The van der Waals surface area contributed by atoms with Gasteiger partial charge in [0.05, 0.1) is 11.5 Å². The number of aryl methyl sites for hydroxylation is 1. The molecule has 0 bridgehead atoms. The maximum absolute atomic E-state index is 12.9. The van der Waals surface area contributed by atoms with Crippen molar-refractivity contribution in [2.45, 2.75) is 18.7 Å². The van der Waals surface area contributed by atoms with Crippen LogP contribution in [0.2, 0.25) is 5.02 Å². The first-order chi connectivity index (χ1) is 16.8. The Kier molecular flexibility index (Phi) is 7.30. The Morgan fingerprint density at radius 3 is 2.43 bits per heavy atom. The Labute approximate surface area is 208 Å². The highest BCUT2D eigenvalue weighted by atomic mass is 35.5. The molecule has 2 N–H and O–H groups in total. The minimum absolute atomic E-state index is 0.0496. The van der Waals surface area contributed by atoms with Crippen LogP contribution in [0.15, 0.2) is 71.6 Å². The molecule has 10 heteroatoms. The number of hydrogen-bond acceptors (Lipinski definition) is 7. The molecule has 0 saturated heterocycles. The van der Waals surface area contributed by atoms with Crippen molar-refractivity contribution in [3.63, 3.8) is 0 Å². The van der Waals surface area contributed by atoms with Gasteiger partial charge >= 0.3 is 5.97 Å². The number of esters is 1. The zero-order valence-electron chi connectivity index (χ0n) is 19.1. The fraction of sp³-hybridized carbons (Fsp3) is 0.160. The molecule has 0 fully saturated rings. The molecular formula is C25H23ClN4O4S. The van der Waals surface area contributed by atoms with Gasteiger partial charge in [0.25, 0.3) is 0 Å². The number of benzene rings is 3. The molecule has 4 aromatic rings. The van der Waals surface area contributed by atoms with Crippen LogP contribution >= 0.6 is 11.6 Å². The first-order valence-corrected chi connectivity index (χ1v) is 12.7. The summed E-state index contributed by atoms with van der Waals surface area (Å²) in [5.74, 6) is -0.0896. The zero-order chi connectivity index (χ0) is 25.0. The average Bonchev–Trinajstić information content (AvgIpc) is 2.85. The van der Waals surface area contributed by atoms with Crippen LogP contribution in [0.1, 0.15) is 12.5 Å². The largest absolute Gasteiger partial charge is 0.465 e. The molecule has 180 valence electrons. The third-order valence-electron chi connectivity index (χ3n) is 5.26. The number of carbonyl (C=O) groups excluding carboxylic acids is 1. The summed E-state index contributed by atoms with van der Waals surface area (Å²) in [6, 6.07) is 19.9. The Morgan fingerprint density at radius 1 is 1.00 bits per heavy atom. The van der Waals surface area contributed by atoms with Gasteiger partial charge in [-0.3, -0.25) is 4.79 Å². The fourth-order valence-electron chi connectivity index (χ4n) is 3.56. The highest BCUT2D eigenvalue weighted by molar-refractivity contribution is 7.89. The van der Waals surface area contributed by atoms with Crippen LogP contribution in [0.4, 0.5) is 11.5 Å². The zero-order valence-corrected chi connectivity index (χ0v) is 20.7. The summed E-state index contributed by atoms with van der Waals surface area (Å²) in [6.45, 7) is 3.06. The first kappa shape index (κ1) is 24.6. The molecule has 0 aliphatic rings. The SMILES string of the molecule is CCOC(=O)CNS(=O)(=O)c1cc(-c2nnc(Nc3ccc(Cl)cc3)c3ccccc23)ccc1C. The van der Waals surface area contributed by atoms with Crippen LogP contribution in [-0.2, 0) is 19.6 Å². The van der Waals surface area contributed by atoms with Gasteiger partial charge in [-0.1, -0.05) is 48.0 Å². The van der Waals surface area contributed by atoms with Crippen molar-refractivity contribution in [3.8, 4) is 11.3 Å². The number of ether oxygens (including phenoxy) is 1. The Balaban J connectivity index is 1.72. The summed E-state index contributed by atoms with van der Waals surface area (Å²) in [5, 5.41) is 14.3. The van der Waals surface area contributed by atoms with Gasteiger partial charge in [-0.2, -0.15) is 4.72 Å². The van der Waals surface area contributed by atoms with Gasteiger partial charge < -0.3 is 10.1 Å². The van der Waals surface area contributed by atoms with Crippen molar-refractivity contribution in [1.82, 2.24) is 14.9 Å². The van der Waals surface area contributed by atoms with E-state index in [1.54, 1.807) is 38.1 Å². The summed E-state index contributed by atoms with van der Waals surface area (Å²) in [4.78, 5) is 11.7. The molecule has 0 aliphatic heterocycles. The molecule has 3 aromatic carbocycles. The van der Waals surface area contributed by atoms with Crippen molar-refractivity contribution in [1.29, 1.82) is 0 Å². The van der Waals surface area contributed by atoms with Crippen LogP contribution in [-0.4, -0.2) is 37.7 Å². The van der Waals surface area contributed by atoms with E-state index in [4.69, 9.17) is 16.3 Å². The topological polar surface area (TPSA) is 110 Å². The lowest BCUT2D eigenvalue weighted by molar-refractivity contribution is -0.141. The maximum atomic E-state index is 12.9. The van der Waals surface area contributed by atoms with Crippen molar-refractivity contribution < 1.29 is 17.9 Å². The van der Waals surface area contributed by atoms with Crippen molar-refractivity contribution in [2.75, 3.05) is 18.5 Å². The summed E-state index contributed by atoms with van der Waals surface area (Å²) >= 11 is 5.98. The third-order valence-corrected chi connectivity index (χ3v) is 7.05. The smallest absolute Gasteiger partial charge is 0.321 e. The molecule has 0 unspecified atom stereocenters. The van der Waals surface area contributed by atoms with E-state index in [2.05, 4.69) is 20.2 Å². The number of hydrogen-bond donors (Lipinski definition) is 2. The fourth-order valence-corrected chi connectivity index (χ4v) is 4.92. The minimum Gasteiger partial charge on any atom is -0.465 e. The quantitative estimate of drug-likeness (QED) is 0.326. The second-order valence-corrected chi connectivity index (χ2v) is 9.86. The highest BCUT2D eigenvalue weighted by Gasteiger charge is 2.20. The number of rotatable bonds is 8. The summed E-state index contributed by atoms with van der Waals surface area (Å²) in [7, 11) is -3.96. The van der Waals surface area contributed by atoms with E-state index in [1.807, 2.05) is 36.4 Å². The Morgan fingerprint density at radius 2 is 1.71 bits per heavy atom. The molecule has 0 spiro atoms.